The average molecular weight is 416 g/mol. The van der Waals surface area contributed by atoms with Gasteiger partial charge in [0.05, 0.1) is 5.75 Å². The van der Waals surface area contributed by atoms with Crippen molar-refractivity contribution in [3.63, 3.8) is 0 Å². The van der Waals surface area contributed by atoms with Gasteiger partial charge in [-0.2, -0.15) is 0 Å². The van der Waals surface area contributed by atoms with Crippen LogP contribution in [0.1, 0.15) is 10.6 Å². The van der Waals surface area contributed by atoms with Crippen molar-refractivity contribution in [3.05, 3.63) is 40.9 Å². The summed E-state index contributed by atoms with van der Waals surface area (Å²) in [6.07, 6.45) is 0. The molecule has 6 rings (SSSR count). The van der Waals surface area contributed by atoms with Gasteiger partial charge in [0, 0.05) is 56.6 Å². The molecule has 1 aromatic carbocycles. The Labute approximate surface area is 173 Å². The Morgan fingerprint density at radius 1 is 1.21 bits per heavy atom. The summed E-state index contributed by atoms with van der Waals surface area (Å²) in [5.41, 5.74) is 1.33. The van der Waals surface area contributed by atoms with E-state index in [2.05, 4.69) is 55.6 Å². The molecular formula is C20H25N5OS2. The minimum atomic E-state index is -0.0292. The highest BCUT2D eigenvalue weighted by molar-refractivity contribution is 8.01. The van der Waals surface area contributed by atoms with E-state index in [0.29, 0.717) is 11.7 Å². The second-order valence-corrected chi connectivity index (χ2v) is 10.6. The smallest absolute Gasteiger partial charge is 0.230 e. The van der Waals surface area contributed by atoms with Gasteiger partial charge >= 0.3 is 0 Å². The van der Waals surface area contributed by atoms with Crippen LogP contribution in [0.4, 0.5) is 0 Å². The minimum Gasteiger partial charge on any atom is -0.351 e. The summed E-state index contributed by atoms with van der Waals surface area (Å²) >= 11 is 3.03. The van der Waals surface area contributed by atoms with E-state index in [1.807, 2.05) is 6.92 Å². The van der Waals surface area contributed by atoms with E-state index in [1.165, 1.54) is 17.3 Å². The zero-order chi connectivity index (χ0) is 19.1. The minimum absolute atomic E-state index is 0.0292. The molecule has 8 heteroatoms. The summed E-state index contributed by atoms with van der Waals surface area (Å²) in [5, 5.41) is 12.5. The highest BCUT2D eigenvalue weighted by Gasteiger charge is 2.55. The van der Waals surface area contributed by atoms with Crippen LogP contribution in [0.3, 0.4) is 0 Å². The predicted molar refractivity (Wildman–Crippen MR) is 112 cm³/mol. The second kappa shape index (κ2) is 7.40. The van der Waals surface area contributed by atoms with Crippen LogP contribution in [0, 0.1) is 12.8 Å². The maximum Gasteiger partial charge on any atom is 0.230 e. The number of fused-ring (bicyclic) bond motifs is 1. The number of carbonyl (C=O) groups is 1. The van der Waals surface area contributed by atoms with Crippen LogP contribution in [0.2, 0.25) is 0 Å². The molecule has 2 unspecified atom stereocenters. The van der Waals surface area contributed by atoms with Crippen molar-refractivity contribution in [1.29, 1.82) is 0 Å². The Bertz CT molecular complexity index is 841. The quantitative estimate of drug-likeness (QED) is 0.749. The van der Waals surface area contributed by atoms with E-state index in [1.54, 1.807) is 11.3 Å². The molecule has 0 aliphatic carbocycles. The number of nitrogens with one attached hydrogen (secondary N) is 1. The Balaban J connectivity index is 1.38. The van der Waals surface area contributed by atoms with Crippen LogP contribution < -0.4 is 5.32 Å². The molecule has 0 spiro atoms. The van der Waals surface area contributed by atoms with Crippen LogP contribution in [-0.4, -0.2) is 77.0 Å². The van der Waals surface area contributed by atoms with Crippen molar-refractivity contribution in [2.75, 3.05) is 45.0 Å². The molecule has 4 fully saturated rings. The number of thioether (sulfide) groups is 1. The third kappa shape index (κ3) is 3.36. The first kappa shape index (κ1) is 18.5. The van der Waals surface area contributed by atoms with Gasteiger partial charge in [-0.25, -0.2) is 0 Å². The van der Waals surface area contributed by atoms with E-state index in [9.17, 15) is 4.79 Å². The summed E-state index contributed by atoms with van der Waals surface area (Å²) in [5.74, 6) is 0.980. The molecule has 1 aromatic heterocycles. The Morgan fingerprint density at radius 3 is 2.57 bits per heavy atom. The van der Waals surface area contributed by atoms with Gasteiger partial charge in [-0.15, -0.1) is 10.2 Å². The molecule has 1 N–H and O–H groups in total. The van der Waals surface area contributed by atoms with E-state index >= 15 is 0 Å². The van der Waals surface area contributed by atoms with E-state index in [-0.39, 0.29) is 17.4 Å². The Hall–Kier alpha value is -1.48. The van der Waals surface area contributed by atoms with Gasteiger partial charge < -0.3 is 15.1 Å². The first-order valence-electron chi connectivity index (χ1n) is 9.85. The zero-order valence-corrected chi connectivity index (χ0v) is 17.6. The molecule has 5 heterocycles. The van der Waals surface area contributed by atoms with Crippen molar-refractivity contribution in [2.24, 2.45) is 5.92 Å². The largest absolute Gasteiger partial charge is 0.351 e. The standard InChI is InChI=1S/C20H25N5OS2/c1-14-22-23-19(28-14)27-11-17(26)21-18-15-9-24-7-8-25(10-15)13-20(18,12-24)16-5-3-2-4-6-16/h2-6,15,18H,7-13H2,1H3,(H,21,26)/t15?,18-,20?/m1/s1. The predicted octanol–water partition coefficient (Wildman–Crippen LogP) is 1.62. The molecule has 4 bridgehead atoms. The lowest BCUT2D eigenvalue weighted by Crippen LogP contribution is -2.70. The second-order valence-electron chi connectivity index (χ2n) is 8.17. The van der Waals surface area contributed by atoms with Gasteiger partial charge in [0.2, 0.25) is 5.91 Å². The maximum absolute atomic E-state index is 12.9. The van der Waals surface area contributed by atoms with Gasteiger partial charge in [0.25, 0.3) is 0 Å². The van der Waals surface area contributed by atoms with Crippen LogP contribution in [-0.2, 0) is 10.2 Å². The highest BCUT2D eigenvalue weighted by Crippen LogP contribution is 2.43. The van der Waals surface area contributed by atoms with Crippen LogP contribution in [0.15, 0.2) is 34.7 Å². The third-order valence-corrected chi connectivity index (χ3v) is 8.27. The fourth-order valence-electron chi connectivity index (χ4n) is 5.25. The maximum atomic E-state index is 12.9. The van der Waals surface area contributed by atoms with E-state index in [0.717, 1.165) is 48.6 Å². The summed E-state index contributed by atoms with van der Waals surface area (Å²) in [6.45, 7) is 8.43. The number of aryl methyl sites for hydroxylation is 1. The number of benzene rings is 1. The lowest BCUT2D eigenvalue weighted by molar-refractivity contribution is -0.121. The molecule has 0 saturated carbocycles. The number of aromatic nitrogens is 2. The van der Waals surface area contributed by atoms with Crippen LogP contribution in [0.25, 0.3) is 0 Å². The SMILES string of the molecule is Cc1nnc(SCC(=O)N[C@@H]2C3CN4CCN(C3)CC2(c2ccccc2)C4)s1. The van der Waals surface area contributed by atoms with Crippen LogP contribution in [0.5, 0.6) is 0 Å². The van der Waals surface area contributed by atoms with Crippen molar-refractivity contribution >= 4 is 29.0 Å². The molecule has 148 valence electrons. The molecule has 1 amide bonds. The molecule has 28 heavy (non-hydrogen) atoms. The molecular weight excluding hydrogens is 390 g/mol. The fourth-order valence-corrected chi connectivity index (χ4v) is 6.87. The van der Waals surface area contributed by atoms with Gasteiger partial charge in [-0.1, -0.05) is 53.4 Å². The summed E-state index contributed by atoms with van der Waals surface area (Å²) in [7, 11) is 0. The van der Waals surface area contributed by atoms with Crippen molar-refractivity contribution in [2.45, 2.75) is 22.7 Å². The topological polar surface area (TPSA) is 61.4 Å². The zero-order valence-electron chi connectivity index (χ0n) is 16.0. The number of nitrogens with zero attached hydrogens (tertiary/aromatic N) is 4. The summed E-state index contributed by atoms with van der Waals surface area (Å²) in [4.78, 5) is 18.1. The van der Waals surface area contributed by atoms with Gasteiger partial charge in [0.1, 0.15) is 5.01 Å². The lowest BCUT2D eigenvalue weighted by Gasteiger charge is -2.55. The molecule has 4 saturated heterocycles. The molecule has 2 aromatic rings. The molecule has 4 aliphatic rings. The van der Waals surface area contributed by atoms with Gasteiger partial charge in [-0.3, -0.25) is 4.79 Å². The number of hydrogen-bond acceptors (Lipinski definition) is 7. The number of piperidine rings is 2. The van der Waals surface area contributed by atoms with E-state index in [4.69, 9.17) is 0 Å². The number of amides is 1. The van der Waals surface area contributed by atoms with Gasteiger partial charge in [0.15, 0.2) is 4.34 Å². The summed E-state index contributed by atoms with van der Waals surface area (Å²) < 4.78 is 0.865. The van der Waals surface area contributed by atoms with Crippen molar-refractivity contribution < 1.29 is 4.79 Å². The number of rotatable bonds is 5. The fraction of sp³-hybridized carbons (Fsp3) is 0.550. The molecule has 3 atom stereocenters. The Kier molecular flexibility index (Phi) is 4.90. The monoisotopic (exact) mass is 415 g/mol. The first-order valence-corrected chi connectivity index (χ1v) is 11.7. The summed E-state index contributed by atoms with van der Waals surface area (Å²) in [6, 6.07) is 11.0. The van der Waals surface area contributed by atoms with Crippen molar-refractivity contribution in [3.8, 4) is 0 Å². The van der Waals surface area contributed by atoms with E-state index < -0.39 is 0 Å². The number of hydrogen-bond donors (Lipinski definition) is 1. The van der Waals surface area contributed by atoms with Gasteiger partial charge in [-0.05, 0) is 12.5 Å². The lowest BCUT2D eigenvalue weighted by atomic mass is 9.64. The average Bonchev–Trinajstić information content (AvgIpc) is 2.95. The molecule has 0 radical (unpaired) electrons. The van der Waals surface area contributed by atoms with Crippen molar-refractivity contribution in [1.82, 2.24) is 25.3 Å². The third-order valence-electron chi connectivity index (χ3n) is 6.30. The molecule has 4 aliphatic heterocycles. The normalized spacial score (nSPS) is 33.6. The molecule has 6 nitrogen and oxygen atoms in total. The van der Waals surface area contributed by atoms with Crippen LogP contribution >= 0.6 is 23.1 Å². The highest BCUT2D eigenvalue weighted by atomic mass is 32.2. The Morgan fingerprint density at radius 2 is 1.93 bits per heavy atom. The first-order chi connectivity index (χ1) is 13.6. The number of carbonyl (C=O) groups excluding carboxylic acids is 1.